The third kappa shape index (κ3) is 7.50. The van der Waals surface area contributed by atoms with E-state index in [1.165, 1.54) is 0 Å². The van der Waals surface area contributed by atoms with E-state index in [-0.39, 0.29) is 0 Å². The van der Waals surface area contributed by atoms with Crippen molar-refractivity contribution in [1.29, 1.82) is 0 Å². The molecule has 0 unspecified atom stereocenters. The van der Waals surface area contributed by atoms with Gasteiger partial charge in [-0.15, -0.1) is 0 Å². The fourth-order valence-corrected chi connectivity index (χ4v) is 0.622. The SMILES string of the molecule is CCC=CNCCNCC. The van der Waals surface area contributed by atoms with E-state index >= 15 is 0 Å². The second-order valence-corrected chi connectivity index (χ2v) is 2.12. The van der Waals surface area contributed by atoms with Gasteiger partial charge in [0.15, 0.2) is 0 Å². The zero-order chi connectivity index (χ0) is 7.66. The van der Waals surface area contributed by atoms with Crippen molar-refractivity contribution in [3.63, 3.8) is 0 Å². The van der Waals surface area contributed by atoms with E-state index in [0.29, 0.717) is 0 Å². The van der Waals surface area contributed by atoms with Crippen molar-refractivity contribution in [2.75, 3.05) is 19.6 Å². The first-order valence-corrected chi connectivity index (χ1v) is 4.01. The molecule has 0 heterocycles. The Kier molecular flexibility index (Phi) is 8.07. The van der Waals surface area contributed by atoms with Crippen molar-refractivity contribution in [3.8, 4) is 0 Å². The summed E-state index contributed by atoms with van der Waals surface area (Å²) in [5, 5.41) is 6.41. The molecule has 2 nitrogen and oxygen atoms in total. The minimum Gasteiger partial charge on any atom is -0.390 e. The summed E-state index contributed by atoms with van der Waals surface area (Å²) in [6.45, 7) is 7.36. The summed E-state index contributed by atoms with van der Waals surface area (Å²) in [7, 11) is 0. The fourth-order valence-electron chi connectivity index (χ4n) is 0.622. The van der Waals surface area contributed by atoms with Crippen LogP contribution >= 0.6 is 0 Å². The van der Waals surface area contributed by atoms with Crippen LogP contribution in [0.3, 0.4) is 0 Å². The van der Waals surface area contributed by atoms with Crippen molar-refractivity contribution in [1.82, 2.24) is 10.6 Å². The lowest BCUT2D eigenvalue weighted by atomic mass is 10.5. The summed E-state index contributed by atoms with van der Waals surface area (Å²) < 4.78 is 0. The van der Waals surface area contributed by atoms with Crippen LogP contribution in [0.1, 0.15) is 20.3 Å². The molecule has 0 aliphatic heterocycles. The Balaban J connectivity index is 2.83. The van der Waals surface area contributed by atoms with Crippen molar-refractivity contribution in [2.24, 2.45) is 0 Å². The molecule has 0 aromatic heterocycles. The van der Waals surface area contributed by atoms with Gasteiger partial charge in [0, 0.05) is 13.1 Å². The molecule has 0 bridgehead atoms. The molecule has 0 rings (SSSR count). The number of nitrogens with one attached hydrogen (secondary N) is 2. The minimum absolute atomic E-state index is 1.02. The standard InChI is InChI=1S/C8H18N2/c1-3-5-6-10-8-7-9-4-2/h5-6,9-10H,3-4,7-8H2,1-2H3. The smallest absolute Gasteiger partial charge is 0.0266 e. The largest absolute Gasteiger partial charge is 0.390 e. The van der Waals surface area contributed by atoms with Gasteiger partial charge in [0.25, 0.3) is 0 Å². The van der Waals surface area contributed by atoms with Gasteiger partial charge < -0.3 is 10.6 Å². The van der Waals surface area contributed by atoms with Crippen molar-refractivity contribution >= 4 is 0 Å². The van der Waals surface area contributed by atoms with Crippen LogP contribution in [0.2, 0.25) is 0 Å². The second kappa shape index (κ2) is 8.50. The monoisotopic (exact) mass is 142 g/mol. The van der Waals surface area contributed by atoms with Crippen LogP contribution in [0.15, 0.2) is 12.3 Å². The van der Waals surface area contributed by atoms with Gasteiger partial charge in [0.1, 0.15) is 0 Å². The van der Waals surface area contributed by atoms with Gasteiger partial charge in [-0.3, -0.25) is 0 Å². The van der Waals surface area contributed by atoms with Gasteiger partial charge in [-0.25, -0.2) is 0 Å². The topological polar surface area (TPSA) is 24.1 Å². The molecule has 0 atom stereocenters. The lowest BCUT2D eigenvalue weighted by Crippen LogP contribution is -2.23. The minimum atomic E-state index is 1.02. The average Bonchev–Trinajstić information content (AvgIpc) is 1.97. The predicted molar refractivity (Wildman–Crippen MR) is 46.0 cm³/mol. The van der Waals surface area contributed by atoms with Gasteiger partial charge >= 0.3 is 0 Å². The molecule has 0 spiro atoms. The van der Waals surface area contributed by atoms with E-state index in [9.17, 15) is 0 Å². The summed E-state index contributed by atoms with van der Waals surface area (Å²) >= 11 is 0. The number of hydrogen-bond donors (Lipinski definition) is 2. The molecule has 0 aliphatic carbocycles. The molecule has 0 fully saturated rings. The Morgan fingerprint density at radius 1 is 1.20 bits per heavy atom. The van der Waals surface area contributed by atoms with E-state index in [0.717, 1.165) is 26.1 Å². The van der Waals surface area contributed by atoms with Crippen LogP contribution in [-0.2, 0) is 0 Å². The van der Waals surface area contributed by atoms with Crippen LogP contribution in [0.4, 0.5) is 0 Å². The molecular formula is C8H18N2. The molecule has 0 saturated carbocycles. The first kappa shape index (κ1) is 9.50. The average molecular weight is 142 g/mol. The lowest BCUT2D eigenvalue weighted by molar-refractivity contribution is 0.686. The van der Waals surface area contributed by atoms with Crippen molar-refractivity contribution < 1.29 is 0 Å². The highest BCUT2D eigenvalue weighted by Gasteiger charge is 1.78. The summed E-state index contributed by atoms with van der Waals surface area (Å²) in [5.74, 6) is 0. The zero-order valence-electron chi connectivity index (χ0n) is 6.98. The van der Waals surface area contributed by atoms with E-state index in [1.807, 2.05) is 6.20 Å². The Morgan fingerprint density at radius 3 is 2.60 bits per heavy atom. The zero-order valence-corrected chi connectivity index (χ0v) is 6.98. The maximum absolute atomic E-state index is 3.23. The lowest BCUT2D eigenvalue weighted by Gasteiger charge is -1.99. The van der Waals surface area contributed by atoms with Crippen LogP contribution in [0.25, 0.3) is 0 Å². The first-order chi connectivity index (χ1) is 4.91. The van der Waals surface area contributed by atoms with E-state index in [4.69, 9.17) is 0 Å². The number of hydrogen-bond acceptors (Lipinski definition) is 2. The van der Waals surface area contributed by atoms with Gasteiger partial charge in [-0.1, -0.05) is 19.9 Å². The summed E-state index contributed by atoms with van der Waals surface area (Å²) in [6, 6.07) is 0. The second-order valence-electron chi connectivity index (χ2n) is 2.12. The van der Waals surface area contributed by atoms with Gasteiger partial charge in [-0.05, 0) is 19.2 Å². The van der Waals surface area contributed by atoms with Gasteiger partial charge in [0.2, 0.25) is 0 Å². The number of likely N-dealkylation sites (N-methyl/N-ethyl adjacent to an activating group) is 1. The Bertz CT molecular complexity index is 79.3. The number of rotatable bonds is 6. The van der Waals surface area contributed by atoms with Crippen LogP contribution in [0.5, 0.6) is 0 Å². The molecule has 2 N–H and O–H groups in total. The van der Waals surface area contributed by atoms with Crippen molar-refractivity contribution in [3.05, 3.63) is 12.3 Å². The summed E-state index contributed by atoms with van der Waals surface area (Å²) in [6.07, 6.45) is 5.23. The quantitative estimate of drug-likeness (QED) is 0.543. The van der Waals surface area contributed by atoms with Gasteiger partial charge in [-0.2, -0.15) is 0 Å². The highest BCUT2D eigenvalue weighted by Crippen LogP contribution is 1.73. The molecule has 0 radical (unpaired) electrons. The van der Waals surface area contributed by atoms with E-state index < -0.39 is 0 Å². The Morgan fingerprint density at radius 2 is 2.00 bits per heavy atom. The normalized spacial score (nSPS) is 10.6. The summed E-state index contributed by atoms with van der Waals surface area (Å²) in [4.78, 5) is 0. The third-order valence-corrected chi connectivity index (χ3v) is 1.17. The maximum Gasteiger partial charge on any atom is 0.0266 e. The molecule has 2 heteroatoms. The third-order valence-electron chi connectivity index (χ3n) is 1.17. The molecule has 0 aromatic rings. The predicted octanol–water partition coefficient (Wildman–Crippen LogP) is 1.11. The van der Waals surface area contributed by atoms with Crippen molar-refractivity contribution in [2.45, 2.75) is 20.3 Å². The van der Waals surface area contributed by atoms with Crippen LogP contribution < -0.4 is 10.6 Å². The van der Waals surface area contributed by atoms with E-state index in [1.54, 1.807) is 0 Å². The highest BCUT2D eigenvalue weighted by atomic mass is 14.9. The Hall–Kier alpha value is -0.500. The fraction of sp³-hybridized carbons (Fsp3) is 0.750. The number of allylic oxidation sites excluding steroid dienone is 1. The Labute approximate surface area is 63.7 Å². The molecule has 60 valence electrons. The molecule has 0 amide bonds. The highest BCUT2D eigenvalue weighted by molar-refractivity contribution is 4.77. The molecule has 10 heavy (non-hydrogen) atoms. The molecule has 0 aromatic carbocycles. The molecule has 0 saturated heterocycles. The maximum atomic E-state index is 3.23. The first-order valence-electron chi connectivity index (χ1n) is 4.01. The summed E-state index contributed by atoms with van der Waals surface area (Å²) in [5.41, 5.74) is 0. The van der Waals surface area contributed by atoms with Crippen LogP contribution in [-0.4, -0.2) is 19.6 Å². The molecule has 0 aliphatic rings. The van der Waals surface area contributed by atoms with E-state index in [2.05, 4.69) is 30.6 Å². The van der Waals surface area contributed by atoms with Crippen LogP contribution in [0, 0.1) is 0 Å². The van der Waals surface area contributed by atoms with Gasteiger partial charge in [0.05, 0.1) is 0 Å². The molecular weight excluding hydrogens is 124 g/mol.